The number of hydrogen-bond donors (Lipinski definition) is 2. The molecule has 1 aromatic carbocycles. The second kappa shape index (κ2) is 7.40. The van der Waals surface area contributed by atoms with Crippen LogP contribution in [0.4, 0.5) is 11.4 Å². The van der Waals surface area contributed by atoms with Gasteiger partial charge < -0.3 is 24.4 Å². The zero-order valence-electron chi connectivity index (χ0n) is 15.6. The summed E-state index contributed by atoms with van der Waals surface area (Å²) >= 11 is 0. The van der Waals surface area contributed by atoms with Crippen LogP contribution in [0, 0.1) is 0 Å². The van der Waals surface area contributed by atoms with Gasteiger partial charge in [0.05, 0.1) is 30.0 Å². The zero-order chi connectivity index (χ0) is 19.6. The number of amides is 1. The quantitative estimate of drug-likeness (QED) is 0.553. The zero-order valence-corrected chi connectivity index (χ0v) is 15.6. The smallest absolute Gasteiger partial charge is 0.311 e. The van der Waals surface area contributed by atoms with Crippen LogP contribution < -0.4 is 15.5 Å². The molecule has 29 heavy (non-hydrogen) atoms. The molecule has 0 atom stereocenters. The maximum atomic E-state index is 12.7. The van der Waals surface area contributed by atoms with E-state index in [9.17, 15) is 4.79 Å². The number of rotatable bonds is 4. The first-order valence-electron chi connectivity index (χ1n) is 9.42. The third-order valence-corrected chi connectivity index (χ3v) is 4.94. The van der Waals surface area contributed by atoms with Crippen molar-refractivity contribution in [3.05, 3.63) is 61.1 Å². The Labute approximate surface area is 166 Å². The second-order valence-corrected chi connectivity index (χ2v) is 6.79. The molecule has 1 amide bonds. The standard InChI is InChI=1S/C21H19N5O3/c27-20(25-16-12-23-5-3-17(16)26-8-6-22-7-9-26)21-24-13-19(29-21)14-1-2-18-15(11-14)4-10-28-18/h1-5,10-13,22H,6-9H2,(H,25,27). The van der Waals surface area contributed by atoms with Crippen LogP contribution in [0.2, 0.25) is 0 Å². The number of hydrogen-bond acceptors (Lipinski definition) is 7. The Morgan fingerprint density at radius 3 is 2.93 bits per heavy atom. The number of carbonyl (C=O) groups is 1. The minimum Gasteiger partial charge on any atom is -0.464 e. The van der Waals surface area contributed by atoms with Crippen LogP contribution >= 0.6 is 0 Å². The van der Waals surface area contributed by atoms with Gasteiger partial charge in [-0.2, -0.15) is 0 Å². The Morgan fingerprint density at radius 2 is 2.03 bits per heavy atom. The van der Waals surface area contributed by atoms with Gasteiger partial charge in [-0.05, 0) is 30.3 Å². The Balaban J connectivity index is 1.37. The summed E-state index contributed by atoms with van der Waals surface area (Å²) in [7, 11) is 0. The number of oxazole rings is 1. The number of benzene rings is 1. The van der Waals surface area contributed by atoms with Crippen molar-refractivity contribution in [3.8, 4) is 11.3 Å². The minimum absolute atomic E-state index is 0.00223. The molecule has 146 valence electrons. The molecule has 0 aliphatic carbocycles. The summed E-state index contributed by atoms with van der Waals surface area (Å²) in [5.41, 5.74) is 3.20. The van der Waals surface area contributed by atoms with Crippen molar-refractivity contribution in [2.75, 3.05) is 36.4 Å². The minimum atomic E-state index is -0.412. The molecule has 0 unspecified atom stereocenters. The predicted octanol–water partition coefficient (Wildman–Crippen LogP) is 3.14. The fourth-order valence-corrected chi connectivity index (χ4v) is 3.47. The summed E-state index contributed by atoms with van der Waals surface area (Å²) in [5, 5.41) is 7.16. The first-order valence-corrected chi connectivity index (χ1v) is 9.42. The number of piperazine rings is 1. The largest absolute Gasteiger partial charge is 0.464 e. The van der Waals surface area contributed by atoms with Gasteiger partial charge in [0, 0.05) is 43.3 Å². The summed E-state index contributed by atoms with van der Waals surface area (Å²) in [6, 6.07) is 9.45. The van der Waals surface area contributed by atoms with E-state index >= 15 is 0 Å². The van der Waals surface area contributed by atoms with Gasteiger partial charge >= 0.3 is 5.91 Å². The second-order valence-electron chi connectivity index (χ2n) is 6.79. The van der Waals surface area contributed by atoms with Gasteiger partial charge in [0.15, 0.2) is 5.76 Å². The normalized spacial score (nSPS) is 14.3. The molecule has 1 aliphatic rings. The van der Waals surface area contributed by atoms with E-state index in [1.165, 1.54) is 0 Å². The van der Waals surface area contributed by atoms with Crippen molar-refractivity contribution in [1.82, 2.24) is 15.3 Å². The highest BCUT2D eigenvalue weighted by Crippen LogP contribution is 2.28. The molecule has 0 spiro atoms. The lowest BCUT2D eigenvalue weighted by molar-refractivity contribution is 0.0991. The Bertz CT molecular complexity index is 1160. The highest BCUT2D eigenvalue weighted by atomic mass is 16.4. The summed E-state index contributed by atoms with van der Waals surface area (Å²) in [5.74, 6) is 0.110. The van der Waals surface area contributed by atoms with Gasteiger partial charge in [-0.25, -0.2) is 4.98 Å². The molecule has 3 aromatic heterocycles. The third-order valence-electron chi connectivity index (χ3n) is 4.94. The Morgan fingerprint density at radius 1 is 1.14 bits per heavy atom. The van der Waals surface area contributed by atoms with E-state index in [0.717, 1.165) is 48.4 Å². The number of nitrogens with zero attached hydrogens (tertiary/aromatic N) is 3. The average Bonchev–Trinajstić information content (AvgIpc) is 3.44. The van der Waals surface area contributed by atoms with Crippen LogP contribution in [-0.4, -0.2) is 42.1 Å². The fourth-order valence-electron chi connectivity index (χ4n) is 3.47. The van der Waals surface area contributed by atoms with Crippen LogP contribution in [0.1, 0.15) is 10.7 Å². The van der Waals surface area contributed by atoms with Crippen molar-refractivity contribution in [2.24, 2.45) is 0 Å². The van der Waals surface area contributed by atoms with Gasteiger partial charge in [-0.3, -0.25) is 9.78 Å². The molecular weight excluding hydrogens is 370 g/mol. The number of furan rings is 1. The van der Waals surface area contributed by atoms with Crippen molar-refractivity contribution in [1.29, 1.82) is 0 Å². The summed E-state index contributed by atoms with van der Waals surface area (Å²) in [6.07, 6.45) is 6.56. The molecule has 8 heteroatoms. The monoisotopic (exact) mass is 389 g/mol. The van der Waals surface area contributed by atoms with E-state index in [1.54, 1.807) is 24.9 Å². The van der Waals surface area contributed by atoms with Gasteiger partial charge in [-0.1, -0.05) is 0 Å². The lowest BCUT2D eigenvalue weighted by atomic mass is 10.1. The van der Waals surface area contributed by atoms with E-state index in [2.05, 4.69) is 25.5 Å². The first kappa shape index (κ1) is 17.4. The van der Waals surface area contributed by atoms with Crippen molar-refractivity contribution in [2.45, 2.75) is 0 Å². The van der Waals surface area contributed by atoms with Gasteiger partial charge in [0.25, 0.3) is 5.89 Å². The molecule has 0 saturated carbocycles. The summed E-state index contributed by atoms with van der Waals surface area (Å²) < 4.78 is 11.1. The first-order chi connectivity index (χ1) is 14.3. The van der Waals surface area contributed by atoms with E-state index in [4.69, 9.17) is 8.83 Å². The maximum Gasteiger partial charge on any atom is 0.311 e. The highest BCUT2D eigenvalue weighted by Gasteiger charge is 2.19. The molecule has 8 nitrogen and oxygen atoms in total. The Kier molecular flexibility index (Phi) is 4.45. The number of nitrogens with one attached hydrogen (secondary N) is 2. The average molecular weight is 389 g/mol. The molecule has 0 bridgehead atoms. The van der Waals surface area contributed by atoms with E-state index in [-0.39, 0.29) is 5.89 Å². The topological polar surface area (TPSA) is 96.4 Å². The fraction of sp³-hybridized carbons (Fsp3) is 0.190. The molecular formula is C21H19N5O3. The van der Waals surface area contributed by atoms with Crippen LogP contribution in [0.25, 0.3) is 22.3 Å². The van der Waals surface area contributed by atoms with Crippen molar-refractivity contribution < 1.29 is 13.6 Å². The SMILES string of the molecule is O=C(Nc1cnccc1N1CCNCC1)c1ncc(-c2ccc3occc3c2)o1. The highest BCUT2D eigenvalue weighted by molar-refractivity contribution is 6.03. The molecule has 2 N–H and O–H groups in total. The molecule has 5 rings (SSSR count). The molecule has 1 fully saturated rings. The molecule has 1 saturated heterocycles. The maximum absolute atomic E-state index is 12.7. The van der Waals surface area contributed by atoms with Gasteiger partial charge in [0.1, 0.15) is 5.58 Å². The molecule has 1 aliphatic heterocycles. The molecule has 0 radical (unpaired) electrons. The van der Waals surface area contributed by atoms with E-state index < -0.39 is 5.91 Å². The lowest BCUT2D eigenvalue weighted by Crippen LogP contribution is -2.43. The number of anilines is 2. The van der Waals surface area contributed by atoms with Crippen LogP contribution in [0.5, 0.6) is 0 Å². The third kappa shape index (κ3) is 3.45. The number of aromatic nitrogens is 2. The van der Waals surface area contributed by atoms with Crippen molar-refractivity contribution >= 4 is 28.3 Å². The summed E-state index contributed by atoms with van der Waals surface area (Å²) in [6.45, 7) is 3.54. The predicted molar refractivity (Wildman–Crippen MR) is 109 cm³/mol. The molecule has 4 heterocycles. The van der Waals surface area contributed by atoms with Gasteiger partial charge in [0.2, 0.25) is 0 Å². The summed E-state index contributed by atoms with van der Waals surface area (Å²) in [4.78, 5) is 23.2. The lowest BCUT2D eigenvalue weighted by Gasteiger charge is -2.30. The van der Waals surface area contributed by atoms with Crippen molar-refractivity contribution in [3.63, 3.8) is 0 Å². The van der Waals surface area contributed by atoms with Crippen LogP contribution in [-0.2, 0) is 0 Å². The molecule has 4 aromatic rings. The number of carbonyl (C=O) groups excluding carboxylic acids is 1. The van der Waals surface area contributed by atoms with Crippen LogP contribution in [0.3, 0.4) is 0 Å². The number of pyridine rings is 1. The van der Waals surface area contributed by atoms with Gasteiger partial charge in [-0.15, -0.1) is 0 Å². The number of fused-ring (bicyclic) bond motifs is 1. The Hall–Kier alpha value is -3.65. The van der Waals surface area contributed by atoms with E-state index in [0.29, 0.717) is 11.4 Å². The van der Waals surface area contributed by atoms with Crippen LogP contribution in [0.15, 0.2) is 64.0 Å². The van der Waals surface area contributed by atoms with E-state index in [1.807, 2.05) is 30.3 Å².